The molecule has 2 heterocycles. The van der Waals surface area contributed by atoms with E-state index in [1.165, 1.54) is 12.4 Å². The van der Waals surface area contributed by atoms with E-state index in [-0.39, 0.29) is 17.7 Å². The molecule has 8 nitrogen and oxygen atoms in total. The average Bonchev–Trinajstić information content (AvgIpc) is 3.42. The van der Waals surface area contributed by atoms with Crippen molar-refractivity contribution >= 4 is 17.7 Å². The van der Waals surface area contributed by atoms with E-state index in [0.717, 1.165) is 35.5 Å². The lowest BCUT2D eigenvalue weighted by atomic mass is 9.95. The van der Waals surface area contributed by atoms with Crippen molar-refractivity contribution in [3.8, 4) is 17.4 Å². The van der Waals surface area contributed by atoms with E-state index in [1.54, 1.807) is 20.8 Å². The molecule has 1 spiro atoms. The van der Waals surface area contributed by atoms with E-state index < -0.39 is 17.5 Å². The highest BCUT2D eigenvalue weighted by molar-refractivity contribution is 5.93. The summed E-state index contributed by atoms with van der Waals surface area (Å²) in [5.41, 5.74) is 1.70. The van der Waals surface area contributed by atoms with Crippen molar-refractivity contribution in [2.24, 2.45) is 5.92 Å². The Kier molecular flexibility index (Phi) is 6.03. The predicted molar refractivity (Wildman–Crippen MR) is 123 cm³/mol. The second-order valence-corrected chi connectivity index (χ2v) is 9.88. The zero-order valence-electron chi connectivity index (χ0n) is 19.9. The SMILES string of the molecule is CC[C@H](CC(=O)OC(C)(C)C)C(=O)Nc1cnc(Oc2ccc(C)c3c2C2(CC2)CO3)cn1. The summed E-state index contributed by atoms with van der Waals surface area (Å²) in [7, 11) is 0. The molecule has 0 radical (unpaired) electrons. The van der Waals surface area contributed by atoms with E-state index >= 15 is 0 Å². The smallest absolute Gasteiger partial charge is 0.307 e. The predicted octanol–water partition coefficient (Wildman–Crippen LogP) is 4.70. The minimum Gasteiger partial charge on any atom is -0.492 e. The third kappa shape index (κ3) is 5.10. The van der Waals surface area contributed by atoms with Crippen molar-refractivity contribution in [1.29, 1.82) is 0 Å². The van der Waals surface area contributed by atoms with Gasteiger partial charge in [0.2, 0.25) is 11.8 Å². The number of carbonyl (C=O) groups is 2. The first-order chi connectivity index (χ1) is 15.6. The molecule has 0 saturated heterocycles. The molecule has 1 saturated carbocycles. The number of aryl methyl sites for hydroxylation is 1. The van der Waals surface area contributed by atoms with Gasteiger partial charge in [0.15, 0.2) is 5.82 Å². The third-order valence-electron chi connectivity index (χ3n) is 5.98. The van der Waals surface area contributed by atoms with Gasteiger partial charge in [-0.15, -0.1) is 0 Å². The summed E-state index contributed by atoms with van der Waals surface area (Å²) in [4.78, 5) is 33.3. The number of rotatable bonds is 7. The molecule has 8 heteroatoms. The number of fused-ring (bicyclic) bond motifs is 2. The van der Waals surface area contributed by atoms with E-state index in [4.69, 9.17) is 14.2 Å². The molecule has 0 bridgehead atoms. The Labute approximate surface area is 194 Å². The summed E-state index contributed by atoms with van der Waals surface area (Å²) in [5, 5.41) is 2.73. The van der Waals surface area contributed by atoms with Crippen LogP contribution >= 0.6 is 0 Å². The highest BCUT2D eigenvalue weighted by atomic mass is 16.6. The third-order valence-corrected chi connectivity index (χ3v) is 5.98. The Morgan fingerprint density at radius 3 is 2.58 bits per heavy atom. The molecule has 1 fully saturated rings. The van der Waals surface area contributed by atoms with Crippen molar-refractivity contribution in [2.75, 3.05) is 11.9 Å². The van der Waals surface area contributed by atoms with Crippen LogP contribution in [0, 0.1) is 12.8 Å². The van der Waals surface area contributed by atoms with Crippen LogP contribution in [0.25, 0.3) is 0 Å². The molecule has 1 amide bonds. The number of ether oxygens (including phenoxy) is 3. The van der Waals surface area contributed by atoms with Crippen molar-refractivity contribution in [1.82, 2.24) is 9.97 Å². The van der Waals surface area contributed by atoms with Crippen LogP contribution in [-0.4, -0.2) is 34.1 Å². The Balaban J connectivity index is 1.40. The highest BCUT2D eigenvalue weighted by Gasteiger charge is 2.53. The molecule has 1 aromatic heterocycles. The van der Waals surface area contributed by atoms with Gasteiger partial charge >= 0.3 is 5.97 Å². The quantitative estimate of drug-likeness (QED) is 0.607. The van der Waals surface area contributed by atoms with Crippen LogP contribution in [0.2, 0.25) is 0 Å². The summed E-state index contributed by atoms with van der Waals surface area (Å²) in [6, 6.07) is 3.93. The van der Waals surface area contributed by atoms with Gasteiger partial charge in [0.1, 0.15) is 17.1 Å². The second-order valence-electron chi connectivity index (χ2n) is 9.88. The minimum absolute atomic E-state index is 0.0105. The molecule has 1 aliphatic heterocycles. The van der Waals surface area contributed by atoms with Crippen LogP contribution in [0.4, 0.5) is 5.82 Å². The summed E-state index contributed by atoms with van der Waals surface area (Å²) in [6.45, 7) is 9.98. The van der Waals surface area contributed by atoms with Gasteiger partial charge in [-0.3, -0.25) is 9.59 Å². The van der Waals surface area contributed by atoms with Crippen LogP contribution in [0.1, 0.15) is 64.5 Å². The van der Waals surface area contributed by atoms with E-state index in [0.29, 0.717) is 24.7 Å². The molecule has 1 aromatic carbocycles. The monoisotopic (exact) mass is 453 g/mol. The maximum Gasteiger partial charge on any atom is 0.307 e. The average molecular weight is 454 g/mol. The van der Waals surface area contributed by atoms with Gasteiger partial charge in [-0.2, -0.15) is 0 Å². The number of hydrogen-bond donors (Lipinski definition) is 1. The molecule has 1 atom stereocenters. The molecule has 4 rings (SSSR count). The zero-order valence-corrected chi connectivity index (χ0v) is 19.9. The fourth-order valence-electron chi connectivity index (χ4n) is 4.05. The first-order valence-corrected chi connectivity index (χ1v) is 11.4. The maximum atomic E-state index is 12.6. The van der Waals surface area contributed by atoms with E-state index in [1.807, 2.05) is 26.0 Å². The molecule has 0 unspecified atom stereocenters. The topological polar surface area (TPSA) is 99.6 Å². The van der Waals surface area contributed by atoms with Crippen LogP contribution in [-0.2, 0) is 19.7 Å². The van der Waals surface area contributed by atoms with Gasteiger partial charge in [0.25, 0.3) is 0 Å². The highest BCUT2D eigenvalue weighted by Crippen LogP contribution is 2.59. The van der Waals surface area contributed by atoms with E-state index in [2.05, 4.69) is 15.3 Å². The van der Waals surface area contributed by atoms with Gasteiger partial charge in [-0.05, 0) is 58.6 Å². The van der Waals surface area contributed by atoms with Gasteiger partial charge in [-0.1, -0.05) is 13.0 Å². The molecule has 1 aliphatic carbocycles. The van der Waals surface area contributed by atoms with Crippen molar-refractivity contribution < 1.29 is 23.8 Å². The fraction of sp³-hybridized carbons (Fsp3) is 0.520. The van der Waals surface area contributed by atoms with Crippen LogP contribution < -0.4 is 14.8 Å². The summed E-state index contributed by atoms with van der Waals surface area (Å²) >= 11 is 0. The normalized spacial score (nSPS) is 16.5. The lowest BCUT2D eigenvalue weighted by Gasteiger charge is -2.21. The Morgan fingerprint density at radius 1 is 1.21 bits per heavy atom. The second kappa shape index (κ2) is 8.65. The van der Waals surface area contributed by atoms with E-state index in [9.17, 15) is 9.59 Å². The first-order valence-electron chi connectivity index (χ1n) is 11.4. The van der Waals surface area contributed by atoms with Gasteiger partial charge in [0, 0.05) is 16.9 Å². The minimum atomic E-state index is -0.587. The molecule has 2 aromatic rings. The molecular weight excluding hydrogens is 422 g/mol. The number of esters is 1. The number of amides is 1. The molecule has 1 N–H and O–H groups in total. The van der Waals surface area contributed by atoms with Crippen molar-refractivity contribution in [3.05, 3.63) is 35.7 Å². The van der Waals surface area contributed by atoms with Gasteiger partial charge in [0.05, 0.1) is 25.4 Å². The number of aromatic nitrogens is 2. The molecule has 176 valence electrons. The summed E-state index contributed by atoms with van der Waals surface area (Å²) in [5.74, 6) is 1.08. The largest absolute Gasteiger partial charge is 0.492 e. The first kappa shape index (κ1) is 23.0. The van der Waals surface area contributed by atoms with Crippen LogP contribution in [0.5, 0.6) is 17.4 Å². The van der Waals surface area contributed by atoms with Crippen LogP contribution in [0.15, 0.2) is 24.5 Å². The molecule has 33 heavy (non-hydrogen) atoms. The molecule has 2 aliphatic rings. The summed E-state index contributed by atoms with van der Waals surface area (Å²) in [6.07, 6.45) is 5.63. The zero-order chi connectivity index (χ0) is 23.8. The number of carbonyl (C=O) groups excluding carboxylic acids is 2. The van der Waals surface area contributed by atoms with Gasteiger partial charge in [-0.25, -0.2) is 9.97 Å². The van der Waals surface area contributed by atoms with Crippen LogP contribution in [0.3, 0.4) is 0 Å². The van der Waals surface area contributed by atoms with Gasteiger partial charge < -0.3 is 19.5 Å². The standard InChI is InChI=1S/C25H31N3O5/c1-6-16(11-20(29)33-24(3,4)5)23(30)28-18-12-27-19(13-26-18)32-17-8-7-15(2)22-21(17)25(9-10-25)14-31-22/h7-8,12-13,16H,6,9-11,14H2,1-5H3,(H,26,28,30)/t16-/m1/s1. The lowest BCUT2D eigenvalue weighted by Crippen LogP contribution is -2.29. The summed E-state index contributed by atoms with van der Waals surface area (Å²) < 4.78 is 17.3. The van der Waals surface area contributed by atoms with Crippen molar-refractivity contribution in [2.45, 2.75) is 71.3 Å². The van der Waals surface area contributed by atoms with Crippen molar-refractivity contribution in [3.63, 3.8) is 0 Å². The number of anilines is 1. The number of nitrogens with zero attached hydrogens (tertiary/aromatic N) is 2. The molecular formula is C25H31N3O5. The lowest BCUT2D eigenvalue weighted by molar-refractivity contribution is -0.157. The number of hydrogen-bond acceptors (Lipinski definition) is 7. The number of nitrogens with one attached hydrogen (secondary N) is 1. The Bertz CT molecular complexity index is 1050. The number of benzene rings is 1. The maximum absolute atomic E-state index is 12.6. The fourth-order valence-corrected chi connectivity index (χ4v) is 4.05. The Morgan fingerprint density at radius 2 is 1.97 bits per heavy atom. The Hall–Kier alpha value is -3.16.